The van der Waals surface area contributed by atoms with E-state index in [1.165, 1.54) is 6.92 Å². The average molecular weight is 985 g/mol. The first-order valence-corrected chi connectivity index (χ1v) is 25.3. The van der Waals surface area contributed by atoms with Gasteiger partial charge in [-0.15, -0.1) is 0 Å². The Labute approximate surface area is 402 Å². The third-order valence-corrected chi connectivity index (χ3v) is 18.4. The quantitative estimate of drug-likeness (QED) is 0.104. The maximum Gasteiger partial charge on any atom is 0.331 e. The van der Waals surface area contributed by atoms with Crippen LogP contribution < -0.4 is 0 Å². The van der Waals surface area contributed by atoms with Gasteiger partial charge in [0.2, 0.25) is 0 Å². The number of aliphatic hydroxyl groups excluding tert-OH is 7. The molecule has 5 aliphatic heterocycles. The molecular formula is C49H76O20. The van der Waals surface area contributed by atoms with Gasteiger partial charge in [0.15, 0.2) is 25.2 Å². The Morgan fingerprint density at radius 2 is 1.33 bits per heavy atom. The molecule has 4 aliphatic carbocycles. The number of cyclic esters (lactones) is 1. The summed E-state index contributed by atoms with van der Waals surface area (Å²) < 4.78 is 60.1. The number of hydrogen-bond donors (Lipinski definition) is 8. The lowest BCUT2D eigenvalue weighted by Crippen LogP contribution is -2.67. The fourth-order valence-corrected chi connectivity index (χ4v) is 14.6. The minimum atomic E-state index is -1.69. The summed E-state index contributed by atoms with van der Waals surface area (Å²) in [6, 6.07) is 0. The normalized spacial score (nSPS) is 53.3. The molecule has 0 spiro atoms. The molecule has 392 valence electrons. The van der Waals surface area contributed by atoms with Crippen LogP contribution in [0.15, 0.2) is 11.6 Å². The molecule has 0 radical (unpaired) electrons. The standard InChI is InChI=1S/C49H76O20/c1-21-43(67-38-17-32(53)44(22(2)62-38)68-39-18-33(64-24(4)51)45(23(3)63-39)69-46-42(58)41(57)40(56)34(19-50)66-46)31(52)16-37(61-21)65-27-9-11-47(5)26(14-27)7-8-29-30(47)15-35(54)48(6)28(10-12-49(29,48)59)25-13-36(55)60-20-25/h13,21-23,26-35,37-46,50,52-54,56-59H,7-12,14-20H2,1-6H3/t21-,22-,23-,26+,27+,28-,29-,30-,31+,32+,33+,34-,35-,37+,38+,39+,40-,41+,42-,43+,44+,45-,46+,47+,48+,49+/m1/s1. The van der Waals surface area contributed by atoms with E-state index in [0.717, 1.165) is 37.7 Å². The lowest BCUT2D eigenvalue weighted by Gasteiger charge is -2.65. The van der Waals surface area contributed by atoms with Crippen LogP contribution in [-0.4, -0.2) is 188 Å². The van der Waals surface area contributed by atoms with E-state index in [1.807, 2.05) is 6.92 Å². The molecule has 0 bridgehead atoms. The zero-order valence-corrected chi connectivity index (χ0v) is 40.5. The van der Waals surface area contributed by atoms with E-state index in [2.05, 4.69) is 6.92 Å². The molecular weight excluding hydrogens is 909 g/mol. The second-order valence-electron chi connectivity index (χ2n) is 22.2. The van der Waals surface area contributed by atoms with E-state index in [-0.39, 0.29) is 61.1 Å². The molecule has 69 heavy (non-hydrogen) atoms. The molecule has 5 heterocycles. The van der Waals surface area contributed by atoms with Crippen molar-refractivity contribution in [2.45, 2.75) is 234 Å². The zero-order valence-electron chi connectivity index (χ0n) is 40.5. The van der Waals surface area contributed by atoms with Gasteiger partial charge in [0.25, 0.3) is 0 Å². The number of carbonyl (C=O) groups excluding carboxylic acids is 2. The molecule has 20 nitrogen and oxygen atoms in total. The highest BCUT2D eigenvalue weighted by Crippen LogP contribution is 2.70. The predicted molar refractivity (Wildman–Crippen MR) is 235 cm³/mol. The van der Waals surface area contributed by atoms with Crippen molar-refractivity contribution in [3.8, 4) is 0 Å². The summed E-state index contributed by atoms with van der Waals surface area (Å²) in [4.78, 5) is 24.2. The number of hydrogen-bond acceptors (Lipinski definition) is 20. The molecule has 9 rings (SSSR count). The summed E-state index contributed by atoms with van der Waals surface area (Å²) >= 11 is 0. The first kappa shape index (κ1) is 51.9. The van der Waals surface area contributed by atoms with Gasteiger partial charge in [0.05, 0.1) is 54.9 Å². The van der Waals surface area contributed by atoms with Gasteiger partial charge in [-0.3, -0.25) is 4.79 Å². The van der Waals surface area contributed by atoms with Crippen molar-refractivity contribution < 1.29 is 97.8 Å². The third-order valence-electron chi connectivity index (χ3n) is 18.4. The monoisotopic (exact) mass is 984 g/mol. The molecule has 0 amide bonds. The number of fused-ring (bicyclic) bond motifs is 5. The highest BCUT2D eigenvalue weighted by atomic mass is 16.8. The van der Waals surface area contributed by atoms with Gasteiger partial charge in [-0.25, -0.2) is 4.79 Å². The van der Waals surface area contributed by atoms with Gasteiger partial charge < -0.3 is 88.2 Å². The molecule has 0 aromatic rings. The van der Waals surface area contributed by atoms with Crippen molar-refractivity contribution in [3.05, 3.63) is 11.6 Å². The van der Waals surface area contributed by atoms with E-state index >= 15 is 0 Å². The van der Waals surface area contributed by atoms with Crippen LogP contribution in [-0.2, 0) is 57.0 Å². The van der Waals surface area contributed by atoms with Gasteiger partial charge >= 0.3 is 11.9 Å². The first-order chi connectivity index (χ1) is 32.6. The summed E-state index contributed by atoms with van der Waals surface area (Å²) in [6.07, 6.45) is -11.1. The molecule has 0 aromatic carbocycles. The Bertz CT molecular complexity index is 1850. The molecule has 8 fully saturated rings. The summed E-state index contributed by atoms with van der Waals surface area (Å²) in [7, 11) is 0. The van der Waals surface area contributed by atoms with Crippen molar-refractivity contribution in [2.24, 2.45) is 34.5 Å². The van der Waals surface area contributed by atoms with Gasteiger partial charge in [0, 0.05) is 37.7 Å². The van der Waals surface area contributed by atoms with Gasteiger partial charge in [0.1, 0.15) is 55.4 Å². The average Bonchev–Trinajstić information content (AvgIpc) is 3.84. The van der Waals surface area contributed by atoms with E-state index < -0.39 is 134 Å². The van der Waals surface area contributed by atoms with Crippen LogP contribution in [0.1, 0.15) is 112 Å². The van der Waals surface area contributed by atoms with Crippen molar-refractivity contribution in [3.63, 3.8) is 0 Å². The summed E-state index contributed by atoms with van der Waals surface area (Å²) in [5, 5.41) is 88.1. The predicted octanol–water partition coefficient (Wildman–Crippen LogP) is 0.613. The van der Waals surface area contributed by atoms with Crippen LogP contribution in [0.2, 0.25) is 0 Å². The van der Waals surface area contributed by atoms with Crippen LogP contribution in [0, 0.1) is 34.5 Å². The highest BCUT2D eigenvalue weighted by Gasteiger charge is 2.71. The Morgan fingerprint density at radius 1 is 0.710 bits per heavy atom. The minimum absolute atomic E-state index is 0.00421. The third kappa shape index (κ3) is 9.48. The molecule has 0 aromatic heterocycles. The van der Waals surface area contributed by atoms with Gasteiger partial charge in [-0.2, -0.15) is 0 Å². The van der Waals surface area contributed by atoms with Crippen molar-refractivity contribution in [1.82, 2.24) is 0 Å². The van der Waals surface area contributed by atoms with Crippen molar-refractivity contribution >= 4 is 11.9 Å². The number of aliphatic hydroxyl groups is 8. The number of rotatable bonds is 11. The minimum Gasteiger partial charge on any atom is -0.459 e. The Kier molecular flexibility index (Phi) is 15.1. The second kappa shape index (κ2) is 20.0. The Morgan fingerprint density at radius 3 is 1.93 bits per heavy atom. The summed E-state index contributed by atoms with van der Waals surface area (Å²) in [5.74, 6) is -0.580. The topological polar surface area (TPSA) is 288 Å². The fourth-order valence-electron chi connectivity index (χ4n) is 14.6. The van der Waals surface area contributed by atoms with Crippen LogP contribution in [0.3, 0.4) is 0 Å². The smallest absolute Gasteiger partial charge is 0.331 e. The summed E-state index contributed by atoms with van der Waals surface area (Å²) in [6.45, 7) is 10.3. The maximum absolute atomic E-state index is 12.6. The van der Waals surface area contributed by atoms with Gasteiger partial charge in [-0.05, 0) is 107 Å². The molecule has 4 saturated carbocycles. The lowest BCUT2D eigenvalue weighted by atomic mass is 9.42. The molecule has 26 atom stereocenters. The van der Waals surface area contributed by atoms with Crippen molar-refractivity contribution in [1.29, 1.82) is 0 Å². The van der Waals surface area contributed by atoms with Crippen LogP contribution in [0.4, 0.5) is 0 Å². The van der Waals surface area contributed by atoms with Gasteiger partial charge in [-0.1, -0.05) is 13.8 Å². The highest BCUT2D eigenvalue weighted by molar-refractivity contribution is 5.85. The van der Waals surface area contributed by atoms with E-state index in [0.29, 0.717) is 25.2 Å². The molecule has 8 N–H and O–H groups in total. The van der Waals surface area contributed by atoms with E-state index in [1.54, 1.807) is 26.8 Å². The van der Waals surface area contributed by atoms with Crippen LogP contribution in [0.25, 0.3) is 0 Å². The summed E-state index contributed by atoms with van der Waals surface area (Å²) in [5.41, 5.74) is -1.01. The first-order valence-electron chi connectivity index (χ1n) is 25.3. The Balaban J connectivity index is 0.752. The second-order valence-corrected chi connectivity index (χ2v) is 22.2. The number of carbonyl (C=O) groups is 2. The number of ether oxygens (including phenoxy) is 10. The van der Waals surface area contributed by atoms with Crippen LogP contribution >= 0.6 is 0 Å². The van der Waals surface area contributed by atoms with E-state index in [9.17, 15) is 50.4 Å². The maximum atomic E-state index is 12.6. The molecule has 4 saturated heterocycles. The fraction of sp³-hybridized carbons (Fsp3) is 0.918. The number of esters is 2. The SMILES string of the molecule is CC(=O)O[C@H]1C[C@H](O[C@@H]2[C@@H](O)C[C@H](O[C@@H]3[C@@H](O)C[C@H](O[C@H]4CC[C@@]5(C)[C@@H](CC[C@@H]6[C@H]5C[C@@H](O)[C@]5(C)[C@@H](C7=CC(=O)OC7)CC[C@]65O)C4)O[C@@H]3C)O[C@@H]2C)O[C@H](C)[C@H]1O[C@@H]1O[C@H](CO)[C@@H](O)[C@H](O)[C@H]1O. The Hall–Kier alpha value is -1.96. The largest absolute Gasteiger partial charge is 0.459 e. The van der Waals surface area contributed by atoms with Crippen molar-refractivity contribution in [2.75, 3.05) is 13.2 Å². The zero-order chi connectivity index (χ0) is 49.5. The molecule has 20 heteroatoms. The molecule has 0 unspecified atom stereocenters. The molecule has 9 aliphatic rings. The van der Waals surface area contributed by atoms with Crippen LogP contribution in [0.5, 0.6) is 0 Å². The van der Waals surface area contributed by atoms with E-state index in [4.69, 9.17) is 47.4 Å². The lowest BCUT2D eigenvalue weighted by molar-refractivity contribution is -0.355.